The fourth-order valence-electron chi connectivity index (χ4n) is 1.68. The van der Waals surface area contributed by atoms with Crippen LogP contribution in [-0.4, -0.2) is 9.59 Å². The lowest BCUT2D eigenvalue weighted by atomic mass is 9.96. The van der Waals surface area contributed by atoms with Crippen molar-refractivity contribution in [1.29, 1.82) is 0 Å². The predicted octanol–water partition coefficient (Wildman–Crippen LogP) is 3.35. The van der Waals surface area contributed by atoms with Gasteiger partial charge in [-0.1, -0.05) is 48.7 Å². The average Bonchev–Trinajstić information content (AvgIpc) is 2.79. The summed E-state index contributed by atoms with van der Waals surface area (Å²) in [6.07, 6.45) is 1.77. The summed E-state index contributed by atoms with van der Waals surface area (Å²) >= 11 is 1.39. The van der Waals surface area contributed by atoms with Crippen LogP contribution in [0.2, 0.25) is 0 Å². The van der Waals surface area contributed by atoms with E-state index in [2.05, 4.69) is 53.0 Å². The van der Waals surface area contributed by atoms with Crippen molar-refractivity contribution in [3.8, 4) is 0 Å². The second-order valence-electron chi connectivity index (χ2n) is 4.06. The lowest BCUT2D eigenvalue weighted by molar-refractivity contribution is 0.547. The Morgan fingerprint density at radius 1 is 1.19 bits per heavy atom. The lowest BCUT2D eigenvalue weighted by Gasteiger charge is -2.22. The maximum atomic E-state index is 3.86. The number of hydrogen-bond donors (Lipinski definition) is 1. The second kappa shape index (κ2) is 5.07. The van der Waals surface area contributed by atoms with Crippen molar-refractivity contribution in [3.63, 3.8) is 0 Å². The van der Waals surface area contributed by atoms with E-state index in [-0.39, 0.29) is 0 Å². The molecule has 4 heteroatoms. The number of aromatic nitrogens is 2. The first kappa shape index (κ1) is 11.1. The molecule has 0 aliphatic carbocycles. The molecule has 84 valence electrons. The molecule has 2 aromatic rings. The van der Waals surface area contributed by atoms with Crippen molar-refractivity contribution in [1.82, 2.24) is 9.59 Å². The van der Waals surface area contributed by atoms with Gasteiger partial charge in [-0.2, -0.15) is 0 Å². The maximum Gasteiger partial charge on any atom is 0.130 e. The Labute approximate surface area is 99.7 Å². The summed E-state index contributed by atoms with van der Waals surface area (Å²) in [5, 5.41) is 8.32. The number of benzene rings is 1. The van der Waals surface area contributed by atoms with Crippen LogP contribution >= 0.6 is 11.5 Å². The van der Waals surface area contributed by atoms with Crippen molar-refractivity contribution in [2.24, 2.45) is 5.92 Å². The molecule has 0 aliphatic rings. The fraction of sp³-hybridized carbons (Fsp3) is 0.333. The fourth-order valence-corrected chi connectivity index (χ4v) is 2.14. The van der Waals surface area contributed by atoms with Crippen molar-refractivity contribution < 1.29 is 0 Å². The smallest absolute Gasteiger partial charge is 0.130 e. The minimum absolute atomic E-state index is 0.309. The van der Waals surface area contributed by atoms with Crippen molar-refractivity contribution >= 4 is 16.5 Å². The van der Waals surface area contributed by atoms with Gasteiger partial charge in [0.1, 0.15) is 5.00 Å². The first-order valence-electron chi connectivity index (χ1n) is 5.36. The van der Waals surface area contributed by atoms with Crippen LogP contribution < -0.4 is 5.32 Å². The van der Waals surface area contributed by atoms with Crippen LogP contribution in [0, 0.1) is 5.92 Å². The quantitative estimate of drug-likeness (QED) is 0.880. The van der Waals surface area contributed by atoms with E-state index in [4.69, 9.17) is 0 Å². The Bertz CT molecular complexity index is 411. The molecule has 1 heterocycles. The minimum Gasteiger partial charge on any atom is -0.367 e. The van der Waals surface area contributed by atoms with Crippen LogP contribution in [-0.2, 0) is 0 Å². The van der Waals surface area contributed by atoms with Gasteiger partial charge in [0.2, 0.25) is 0 Å². The molecule has 0 saturated heterocycles. The molecule has 16 heavy (non-hydrogen) atoms. The highest BCUT2D eigenvalue weighted by atomic mass is 32.1. The van der Waals surface area contributed by atoms with Crippen LogP contribution in [0.25, 0.3) is 0 Å². The summed E-state index contributed by atoms with van der Waals surface area (Å²) in [5.74, 6) is 0.518. The number of hydrogen-bond acceptors (Lipinski definition) is 4. The standard InChI is InChI=1S/C12H15N3S/c1-9(2)12(10-6-4-3-5-7-10)14-11-8-13-15-16-11/h3-9,12,14H,1-2H3. The van der Waals surface area contributed by atoms with Gasteiger partial charge >= 0.3 is 0 Å². The van der Waals surface area contributed by atoms with Gasteiger partial charge in [-0.3, -0.25) is 0 Å². The number of rotatable bonds is 4. The number of anilines is 1. The Morgan fingerprint density at radius 2 is 1.94 bits per heavy atom. The summed E-state index contributed by atoms with van der Waals surface area (Å²) in [5.41, 5.74) is 1.30. The van der Waals surface area contributed by atoms with Gasteiger partial charge in [0.25, 0.3) is 0 Å². The van der Waals surface area contributed by atoms with Gasteiger partial charge < -0.3 is 5.32 Å². The summed E-state index contributed by atoms with van der Waals surface area (Å²) in [4.78, 5) is 0. The van der Waals surface area contributed by atoms with Crippen LogP contribution in [0.4, 0.5) is 5.00 Å². The third kappa shape index (κ3) is 2.58. The Kier molecular flexibility index (Phi) is 3.51. The van der Waals surface area contributed by atoms with Gasteiger partial charge in [-0.25, -0.2) is 0 Å². The van der Waals surface area contributed by atoms with Crippen molar-refractivity contribution in [2.75, 3.05) is 5.32 Å². The molecule has 0 saturated carbocycles. The molecular formula is C12H15N3S. The Morgan fingerprint density at radius 3 is 2.50 bits per heavy atom. The van der Waals surface area contributed by atoms with E-state index < -0.39 is 0 Å². The van der Waals surface area contributed by atoms with Gasteiger partial charge in [-0.15, -0.1) is 5.10 Å². The first-order chi connectivity index (χ1) is 7.77. The molecule has 0 bridgehead atoms. The topological polar surface area (TPSA) is 37.8 Å². The zero-order chi connectivity index (χ0) is 11.4. The zero-order valence-corrected chi connectivity index (χ0v) is 10.2. The van der Waals surface area contributed by atoms with Gasteiger partial charge in [0.15, 0.2) is 0 Å². The van der Waals surface area contributed by atoms with E-state index in [0.717, 1.165) is 5.00 Å². The van der Waals surface area contributed by atoms with Crippen molar-refractivity contribution in [2.45, 2.75) is 19.9 Å². The monoisotopic (exact) mass is 233 g/mol. The third-order valence-corrected chi connectivity index (χ3v) is 3.08. The van der Waals surface area contributed by atoms with Gasteiger partial charge in [0.05, 0.1) is 12.2 Å². The predicted molar refractivity (Wildman–Crippen MR) is 67.6 cm³/mol. The van der Waals surface area contributed by atoms with E-state index in [0.29, 0.717) is 12.0 Å². The molecule has 0 spiro atoms. The van der Waals surface area contributed by atoms with Crippen LogP contribution in [0.3, 0.4) is 0 Å². The normalized spacial score (nSPS) is 12.7. The zero-order valence-electron chi connectivity index (χ0n) is 9.42. The lowest BCUT2D eigenvalue weighted by Crippen LogP contribution is -2.15. The summed E-state index contributed by atoms with van der Waals surface area (Å²) in [6, 6.07) is 10.8. The van der Waals surface area contributed by atoms with Crippen molar-refractivity contribution in [3.05, 3.63) is 42.1 Å². The number of nitrogens with one attached hydrogen (secondary N) is 1. The molecule has 2 rings (SSSR count). The molecular weight excluding hydrogens is 218 g/mol. The summed E-state index contributed by atoms with van der Waals surface area (Å²) in [7, 11) is 0. The molecule has 1 aromatic carbocycles. The SMILES string of the molecule is CC(C)C(Nc1cnns1)c1ccccc1. The van der Waals surface area contributed by atoms with E-state index >= 15 is 0 Å². The highest BCUT2D eigenvalue weighted by Gasteiger charge is 2.15. The Balaban J connectivity index is 2.18. The largest absolute Gasteiger partial charge is 0.367 e. The maximum absolute atomic E-state index is 3.86. The van der Waals surface area contributed by atoms with E-state index in [9.17, 15) is 0 Å². The second-order valence-corrected chi connectivity index (χ2v) is 4.84. The molecule has 1 aromatic heterocycles. The average molecular weight is 233 g/mol. The van der Waals surface area contributed by atoms with E-state index in [1.54, 1.807) is 6.20 Å². The molecule has 0 fully saturated rings. The number of nitrogens with zero attached hydrogens (tertiary/aromatic N) is 2. The van der Waals surface area contributed by atoms with Crippen LogP contribution in [0.5, 0.6) is 0 Å². The molecule has 0 amide bonds. The summed E-state index contributed by atoms with van der Waals surface area (Å²) < 4.78 is 3.86. The third-order valence-electron chi connectivity index (χ3n) is 2.48. The Hall–Kier alpha value is -1.42. The molecule has 1 unspecified atom stereocenters. The minimum atomic E-state index is 0.309. The molecule has 1 atom stereocenters. The highest BCUT2D eigenvalue weighted by Crippen LogP contribution is 2.27. The molecule has 0 radical (unpaired) electrons. The van der Waals surface area contributed by atoms with Crippen LogP contribution in [0.15, 0.2) is 36.5 Å². The van der Waals surface area contributed by atoms with Gasteiger partial charge in [-0.05, 0) is 11.5 Å². The molecule has 1 N–H and O–H groups in total. The molecule has 0 aliphatic heterocycles. The van der Waals surface area contributed by atoms with Gasteiger partial charge in [0, 0.05) is 11.5 Å². The highest BCUT2D eigenvalue weighted by molar-refractivity contribution is 7.09. The van der Waals surface area contributed by atoms with Crippen LogP contribution in [0.1, 0.15) is 25.5 Å². The summed E-state index contributed by atoms with van der Waals surface area (Å²) in [6.45, 7) is 4.41. The molecule has 3 nitrogen and oxygen atoms in total. The van der Waals surface area contributed by atoms with E-state index in [1.165, 1.54) is 17.1 Å². The first-order valence-corrected chi connectivity index (χ1v) is 6.13. The van der Waals surface area contributed by atoms with E-state index in [1.807, 2.05) is 6.07 Å².